The van der Waals surface area contributed by atoms with Crippen LogP contribution in [-0.4, -0.2) is 5.78 Å². The van der Waals surface area contributed by atoms with Gasteiger partial charge in [-0.15, -0.1) is 0 Å². The first-order valence-corrected chi connectivity index (χ1v) is 12.6. The van der Waals surface area contributed by atoms with Crippen molar-refractivity contribution in [1.29, 1.82) is 0 Å². The molecule has 2 aliphatic carbocycles. The Labute approximate surface area is 177 Å². The van der Waals surface area contributed by atoms with Crippen molar-refractivity contribution < 1.29 is 4.79 Å². The van der Waals surface area contributed by atoms with Crippen LogP contribution in [-0.2, 0) is 4.79 Å². The monoisotopic (exact) mass is 390 g/mol. The molecule has 0 saturated heterocycles. The van der Waals surface area contributed by atoms with Gasteiger partial charge in [-0.3, -0.25) is 4.79 Å². The summed E-state index contributed by atoms with van der Waals surface area (Å²) in [6.45, 7) is 13.4. The lowest BCUT2D eigenvalue weighted by atomic mass is 9.73. The van der Waals surface area contributed by atoms with Crippen LogP contribution in [0.15, 0.2) is 12.2 Å². The summed E-state index contributed by atoms with van der Waals surface area (Å²) in [4.78, 5) is 11.6. The molecule has 2 bridgehead atoms. The molecule has 2 atom stereocenters. The Morgan fingerprint density at radius 3 is 1.64 bits per heavy atom. The molecular formula is C27H50O. The van der Waals surface area contributed by atoms with E-state index in [4.69, 9.17) is 0 Å². The van der Waals surface area contributed by atoms with Gasteiger partial charge in [-0.05, 0) is 49.4 Å². The van der Waals surface area contributed by atoms with Crippen LogP contribution in [0.3, 0.4) is 0 Å². The van der Waals surface area contributed by atoms with Gasteiger partial charge in [0.1, 0.15) is 5.78 Å². The molecule has 0 spiro atoms. The number of fused-ring (bicyclic) bond motifs is 2. The van der Waals surface area contributed by atoms with Gasteiger partial charge < -0.3 is 0 Å². The van der Waals surface area contributed by atoms with Gasteiger partial charge in [0.2, 0.25) is 0 Å². The molecule has 0 aromatic carbocycles. The van der Waals surface area contributed by atoms with Gasteiger partial charge in [-0.25, -0.2) is 0 Å². The molecule has 1 heteroatoms. The van der Waals surface area contributed by atoms with E-state index in [9.17, 15) is 4.79 Å². The summed E-state index contributed by atoms with van der Waals surface area (Å²) in [5, 5.41) is 0. The van der Waals surface area contributed by atoms with Crippen LogP contribution in [0.1, 0.15) is 137 Å². The van der Waals surface area contributed by atoms with Gasteiger partial charge in [0.05, 0.1) is 0 Å². The highest BCUT2D eigenvalue weighted by Crippen LogP contribution is 2.58. The van der Waals surface area contributed by atoms with E-state index < -0.39 is 0 Å². The van der Waals surface area contributed by atoms with Crippen LogP contribution in [0.4, 0.5) is 0 Å². The molecule has 0 heterocycles. The van der Waals surface area contributed by atoms with E-state index in [2.05, 4.69) is 34.3 Å². The van der Waals surface area contributed by atoms with E-state index in [1.807, 2.05) is 0 Å². The Bertz CT molecular complexity index is 416. The fraction of sp³-hybridized carbons (Fsp3) is 0.889. The molecule has 2 aliphatic rings. The molecule has 1 nitrogen and oxygen atoms in total. The summed E-state index contributed by atoms with van der Waals surface area (Å²) in [6.07, 6.45) is 21.4. The number of allylic oxidation sites excluding steroid dienone is 1. The van der Waals surface area contributed by atoms with E-state index >= 15 is 0 Å². The second-order valence-corrected chi connectivity index (χ2v) is 10.0. The number of unbranched alkanes of at least 4 members (excludes halogenated alkanes) is 10. The molecule has 0 aliphatic heterocycles. The van der Waals surface area contributed by atoms with Crippen molar-refractivity contribution in [2.45, 2.75) is 137 Å². The summed E-state index contributed by atoms with van der Waals surface area (Å²) < 4.78 is 0. The second-order valence-electron chi connectivity index (χ2n) is 10.0. The lowest BCUT2D eigenvalue weighted by Gasteiger charge is -2.31. The van der Waals surface area contributed by atoms with E-state index in [1.54, 1.807) is 0 Å². The van der Waals surface area contributed by atoms with E-state index in [0.717, 1.165) is 37.5 Å². The first-order valence-electron chi connectivity index (χ1n) is 12.6. The molecule has 2 fully saturated rings. The van der Waals surface area contributed by atoms with Crippen LogP contribution in [0.5, 0.6) is 0 Å². The zero-order valence-electron chi connectivity index (χ0n) is 19.8. The van der Waals surface area contributed by atoms with Gasteiger partial charge >= 0.3 is 0 Å². The van der Waals surface area contributed by atoms with Gasteiger partial charge in [-0.1, -0.05) is 104 Å². The number of carbonyl (C=O) groups is 1. The van der Waals surface area contributed by atoms with E-state index in [1.165, 1.54) is 89.0 Å². The Morgan fingerprint density at radius 1 is 0.821 bits per heavy atom. The molecule has 0 amide bonds. The normalized spacial score (nSPS) is 22.2. The molecule has 2 unspecified atom stereocenters. The molecule has 164 valence electrons. The van der Waals surface area contributed by atoms with Gasteiger partial charge in [0.15, 0.2) is 0 Å². The second kappa shape index (κ2) is 14.4. The number of ketones is 1. The standard InChI is InChI=1S/C17H34O.C10H16/c1-3-5-7-9-11-13-15-17(18)16-14-12-10-8-6-4-2;1-7-8-4-5-9(6-8)10(7,2)3/h3-16H2,1-2H3;8-9H,1,4-6H2,2-3H3. The summed E-state index contributed by atoms with van der Waals surface area (Å²) in [5.41, 5.74) is 2.01. The molecule has 28 heavy (non-hydrogen) atoms. The van der Waals surface area contributed by atoms with Gasteiger partial charge in [0, 0.05) is 12.8 Å². The minimum absolute atomic E-state index is 0.475. The largest absolute Gasteiger partial charge is 0.300 e. The average molecular weight is 391 g/mol. The van der Waals surface area contributed by atoms with Crippen LogP contribution in [0.25, 0.3) is 0 Å². The zero-order valence-corrected chi connectivity index (χ0v) is 19.8. The number of hydrogen-bond acceptors (Lipinski definition) is 1. The first kappa shape index (κ1) is 25.4. The minimum Gasteiger partial charge on any atom is -0.300 e. The molecule has 0 N–H and O–H groups in total. The quantitative estimate of drug-likeness (QED) is 0.213. The fourth-order valence-corrected chi connectivity index (χ4v) is 5.07. The van der Waals surface area contributed by atoms with Crippen molar-refractivity contribution in [3.05, 3.63) is 12.2 Å². The molecule has 0 aromatic heterocycles. The number of hydrogen-bond donors (Lipinski definition) is 0. The van der Waals surface area contributed by atoms with Crippen LogP contribution < -0.4 is 0 Å². The van der Waals surface area contributed by atoms with Crippen molar-refractivity contribution in [1.82, 2.24) is 0 Å². The van der Waals surface area contributed by atoms with Crippen LogP contribution in [0, 0.1) is 17.3 Å². The molecule has 0 radical (unpaired) electrons. The smallest absolute Gasteiger partial charge is 0.132 e. The fourth-order valence-electron chi connectivity index (χ4n) is 5.07. The number of Topliss-reactive ketones (excluding diaryl/α,β-unsaturated/α-hetero) is 1. The molecule has 0 aromatic rings. The maximum absolute atomic E-state index is 11.6. The van der Waals surface area contributed by atoms with Crippen LogP contribution >= 0.6 is 0 Å². The van der Waals surface area contributed by atoms with Crippen molar-refractivity contribution in [3.63, 3.8) is 0 Å². The Balaban J connectivity index is 0.000000324. The van der Waals surface area contributed by atoms with Crippen molar-refractivity contribution in [2.75, 3.05) is 0 Å². The highest BCUT2D eigenvalue weighted by molar-refractivity contribution is 5.78. The van der Waals surface area contributed by atoms with E-state index in [0.29, 0.717) is 11.2 Å². The highest BCUT2D eigenvalue weighted by atomic mass is 16.1. The predicted octanol–water partition coefficient (Wildman–Crippen LogP) is 9.06. The lowest BCUT2D eigenvalue weighted by Crippen LogP contribution is -2.21. The zero-order chi connectivity index (χ0) is 20.8. The predicted molar refractivity (Wildman–Crippen MR) is 125 cm³/mol. The topological polar surface area (TPSA) is 17.1 Å². The average Bonchev–Trinajstić information content (AvgIpc) is 3.24. The highest BCUT2D eigenvalue weighted by Gasteiger charge is 2.47. The maximum atomic E-state index is 11.6. The molecule has 2 saturated carbocycles. The van der Waals surface area contributed by atoms with Crippen molar-refractivity contribution in [3.8, 4) is 0 Å². The maximum Gasteiger partial charge on any atom is 0.132 e. The van der Waals surface area contributed by atoms with Gasteiger partial charge in [-0.2, -0.15) is 0 Å². The Kier molecular flexibility index (Phi) is 13.1. The Morgan fingerprint density at radius 2 is 1.29 bits per heavy atom. The lowest BCUT2D eigenvalue weighted by molar-refractivity contribution is -0.119. The molecular weight excluding hydrogens is 340 g/mol. The minimum atomic E-state index is 0.475. The third-order valence-corrected chi connectivity index (χ3v) is 7.39. The Hall–Kier alpha value is -0.590. The number of carbonyl (C=O) groups excluding carboxylic acids is 1. The van der Waals surface area contributed by atoms with E-state index in [-0.39, 0.29) is 0 Å². The van der Waals surface area contributed by atoms with Crippen molar-refractivity contribution in [2.24, 2.45) is 17.3 Å². The number of rotatable bonds is 14. The third-order valence-electron chi connectivity index (χ3n) is 7.39. The van der Waals surface area contributed by atoms with Gasteiger partial charge in [0.25, 0.3) is 0 Å². The summed E-state index contributed by atoms with van der Waals surface area (Å²) >= 11 is 0. The summed E-state index contributed by atoms with van der Waals surface area (Å²) in [6, 6.07) is 0. The first-order chi connectivity index (χ1) is 13.4. The summed E-state index contributed by atoms with van der Waals surface area (Å²) in [5.74, 6) is 2.35. The van der Waals surface area contributed by atoms with Crippen LogP contribution in [0.2, 0.25) is 0 Å². The molecule has 2 rings (SSSR count). The third kappa shape index (κ3) is 9.27. The SMILES string of the molecule is C=C1C2CCC(C2)C1(C)C.CCCCCCCCC(=O)CCCCCCCC. The van der Waals surface area contributed by atoms with Crippen molar-refractivity contribution >= 4 is 5.78 Å². The summed E-state index contributed by atoms with van der Waals surface area (Å²) in [7, 11) is 0.